The molecule has 0 aliphatic rings. The molecule has 0 heterocycles. The number of amides is 3. The predicted molar refractivity (Wildman–Crippen MR) is 70.4 cm³/mol. The number of nitro groups is 1. The van der Waals surface area contributed by atoms with Crippen LogP contribution in [-0.4, -0.2) is 30.0 Å². The van der Waals surface area contributed by atoms with Crippen LogP contribution in [0, 0.1) is 10.1 Å². The second kappa shape index (κ2) is 7.72. The largest absolute Gasteiger partial charge is 0.484 e. The van der Waals surface area contributed by atoms with Crippen LogP contribution >= 0.6 is 0 Å². The molecule has 0 spiro atoms. The fourth-order valence-corrected chi connectivity index (χ4v) is 1.28. The number of nitro benzene ring substituents is 1. The normalized spacial score (nSPS) is 9.65. The Labute approximate surface area is 115 Å². The number of carbonyl (C=O) groups excluding carboxylic acids is 2. The molecule has 0 radical (unpaired) electrons. The second-order valence-electron chi connectivity index (χ2n) is 3.85. The smallest absolute Gasteiger partial charge is 0.321 e. The number of imide groups is 1. The van der Waals surface area contributed by atoms with Crippen LogP contribution in [-0.2, 0) is 4.79 Å². The van der Waals surface area contributed by atoms with E-state index in [0.29, 0.717) is 6.54 Å². The third-order valence-corrected chi connectivity index (χ3v) is 2.19. The zero-order valence-corrected chi connectivity index (χ0v) is 10.9. The highest BCUT2D eigenvalue weighted by molar-refractivity contribution is 5.94. The Balaban J connectivity index is 2.43. The summed E-state index contributed by atoms with van der Waals surface area (Å²) < 4.78 is 5.07. The summed E-state index contributed by atoms with van der Waals surface area (Å²) in [6, 6.07) is 4.84. The SMILES string of the molecule is CCCNC(=O)NC(=O)COc1cccc([N+](=O)[O-])c1. The van der Waals surface area contributed by atoms with E-state index in [2.05, 4.69) is 10.6 Å². The summed E-state index contributed by atoms with van der Waals surface area (Å²) in [7, 11) is 0. The van der Waals surface area contributed by atoms with Crippen LogP contribution in [0.4, 0.5) is 10.5 Å². The molecule has 2 N–H and O–H groups in total. The first-order valence-electron chi connectivity index (χ1n) is 5.98. The molecule has 3 amide bonds. The van der Waals surface area contributed by atoms with Crippen molar-refractivity contribution in [1.29, 1.82) is 0 Å². The van der Waals surface area contributed by atoms with Gasteiger partial charge in [-0.1, -0.05) is 13.0 Å². The predicted octanol–water partition coefficient (Wildman–Crippen LogP) is 1.21. The van der Waals surface area contributed by atoms with Gasteiger partial charge in [0.05, 0.1) is 11.0 Å². The van der Waals surface area contributed by atoms with E-state index >= 15 is 0 Å². The summed E-state index contributed by atoms with van der Waals surface area (Å²) in [5, 5.41) is 15.1. The standard InChI is InChI=1S/C12H15N3O5/c1-2-6-13-12(17)14-11(16)8-20-10-5-3-4-9(7-10)15(18)19/h3-5,7H,2,6,8H2,1H3,(H2,13,14,16,17). The van der Waals surface area contributed by atoms with E-state index < -0.39 is 23.5 Å². The van der Waals surface area contributed by atoms with Crippen LogP contribution in [0.15, 0.2) is 24.3 Å². The number of non-ortho nitro benzene ring substituents is 1. The summed E-state index contributed by atoms with van der Waals surface area (Å²) in [6.07, 6.45) is 0.756. The lowest BCUT2D eigenvalue weighted by atomic mass is 10.3. The summed E-state index contributed by atoms with van der Waals surface area (Å²) >= 11 is 0. The molecule has 0 aliphatic heterocycles. The monoisotopic (exact) mass is 281 g/mol. The third kappa shape index (κ3) is 5.34. The van der Waals surface area contributed by atoms with E-state index in [-0.39, 0.29) is 11.4 Å². The van der Waals surface area contributed by atoms with Crippen molar-refractivity contribution in [3.8, 4) is 5.75 Å². The van der Waals surface area contributed by atoms with Gasteiger partial charge in [0, 0.05) is 12.6 Å². The molecule has 8 heteroatoms. The highest BCUT2D eigenvalue weighted by Crippen LogP contribution is 2.18. The van der Waals surface area contributed by atoms with Gasteiger partial charge in [-0.3, -0.25) is 20.2 Å². The molecular formula is C12H15N3O5. The van der Waals surface area contributed by atoms with E-state index in [1.807, 2.05) is 6.92 Å². The topological polar surface area (TPSA) is 111 Å². The number of benzene rings is 1. The molecule has 0 bridgehead atoms. The second-order valence-corrected chi connectivity index (χ2v) is 3.85. The molecule has 0 saturated carbocycles. The van der Waals surface area contributed by atoms with Crippen molar-refractivity contribution < 1.29 is 19.2 Å². The number of nitrogens with one attached hydrogen (secondary N) is 2. The Hall–Kier alpha value is -2.64. The van der Waals surface area contributed by atoms with E-state index in [1.165, 1.54) is 24.3 Å². The van der Waals surface area contributed by atoms with E-state index in [4.69, 9.17) is 4.74 Å². The Morgan fingerprint density at radius 3 is 2.80 bits per heavy atom. The molecule has 108 valence electrons. The lowest BCUT2D eigenvalue weighted by molar-refractivity contribution is -0.384. The highest BCUT2D eigenvalue weighted by atomic mass is 16.6. The van der Waals surface area contributed by atoms with E-state index in [1.54, 1.807) is 0 Å². The Morgan fingerprint density at radius 2 is 2.15 bits per heavy atom. The summed E-state index contributed by atoms with van der Waals surface area (Å²) in [6.45, 7) is 1.94. The molecule has 1 aromatic rings. The van der Waals surface area contributed by atoms with E-state index in [0.717, 1.165) is 6.42 Å². The zero-order valence-electron chi connectivity index (χ0n) is 10.9. The molecule has 0 saturated heterocycles. The van der Waals surface area contributed by atoms with Gasteiger partial charge in [0.25, 0.3) is 11.6 Å². The van der Waals surface area contributed by atoms with Crippen LogP contribution in [0.3, 0.4) is 0 Å². The van der Waals surface area contributed by atoms with Gasteiger partial charge in [0.15, 0.2) is 6.61 Å². The van der Waals surface area contributed by atoms with Crippen molar-refractivity contribution in [1.82, 2.24) is 10.6 Å². The molecule has 1 rings (SSSR count). The summed E-state index contributed by atoms with van der Waals surface area (Å²) in [5.41, 5.74) is -0.136. The van der Waals surface area contributed by atoms with E-state index in [9.17, 15) is 19.7 Å². The quantitative estimate of drug-likeness (QED) is 0.601. The lowest BCUT2D eigenvalue weighted by Crippen LogP contribution is -2.41. The minimum atomic E-state index is -0.634. The average molecular weight is 281 g/mol. The maximum absolute atomic E-state index is 11.4. The number of nitrogens with zero attached hydrogens (tertiary/aromatic N) is 1. The molecular weight excluding hydrogens is 266 g/mol. The van der Waals surface area contributed by atoms with Crippen LogP contribution < -0.4 is 15.4 Å². The van der Waals surface area contributed by atoms with Gasteiger partial charge in [-0.2, -0.15) is 0 Å². The van der Waals surface area contributed by atoms with Crippen LogP contribution in [0.1, 0.15) is 13.3 Å². The molecule has 0 atom stereocenters. The minimum absolute atomic E-state index is 0.136. The third-order valence-electron chi connectivity index (χ3n) is 2.19. The van der Waals surface area contributed by atoms with Gasteiger partial charge in [0.1, 0.15) is 5.75 Å². The number of urea groups is 1. The van der Waals surface area contributed by atoms with Crippen LogP contribution in [0.2, 0.25) is 0 Å². The molecule has 0 fully saturated rings. The van der Waals surface area contributed by atoms with Gasteiger partial charge in [-0.05, 0) is 12.5 Å². The Morgan fingerprint density at radius 1 is 1.40 bits per heavy atom. The van der Waals surface area contributed by atoms with Crippen LogP contribution in [0.25, 0.3) is 0 Å². The van der Waals surface area contributed by atoms with Crippen molar-refractivity contribution in [3.63, 3.8) is 0 Å². The number of rotatable bonds is 6. The fraction of sp³-hybridized carbons (Fsp3) is 0.333. The average Bonchev–Trinajstić information content (AvgIpc) is 2.43. The molecule has 8 nitrogen and oxygen atoms in total. The zero-order chi connectivity index (χ0) is 15.0. The van der Waals surface area contributed by atoms with Gasteiger partial charge < -0.3 is 10.1 Å². The van der Waals surface area contributed by atoms with Crippen molar-refractivity contribution in [2.24, 2.45) is 0 Å². The molecule has 0 aromatic heterocycles. The number of hydrogen-bond donors (Lipinski definition) is 2. The molecule has 0 aliphatic carbocycles. The maximum Gasteiger partial charge on any atom is 0.321 e. The first kappa shape index (κ1) is 15.4. The fourth-order valence-electron chi connectivity index (χ4n) is 1.28. The van der Waals surface area contributed by atoms with Crippen molar-refractivity contribution in [2.45, 2.75) is 13.3 Å². The summed E-state index contributed by atoms with van der Waals surface area (Å²) in [5.74, 6) is -0.451. The minimum Gasteiger partial charge on any atom is -0.484 e. The van der Waals surface area contributed by atoms with Crippen molar-refractivity contribution in [2.75, 3.05) is 13.2 Å². The van der Waals surface area contributed by atoms with Crippen molar-refractivity contribution in [3.05, 3.63) is 34.4 Å². The molecule has 1 aromatic carbocycles. The first-order valence-corrected chi connectivity index (χ1v) is 5.98. The van der Waals surface area contributed by atoms with Gasteiger partial charge in [-0.15, -0.1) is 0 Å². The van der Waals surface area contributed by atoms with Gasteiger partial charge in [-0.25, -0.2) is 4.79 Å². The summed E-state index contributed by atoms with van der Waals surface area (Å²) in [4.78, 5) is 32.5. The number of hydrogen-bond acceptors (Lipinski definition) is 5. The van der Waals surface area contributed by atoms with Gasteiger partial charge in [0.2, 0.25) is 0 Å². The lowest BCUT2D eigenvalue weighted by Gasteiger charge is -2.07. The van der Waals surface area contributed by atoms with Crippen molar-refractivity contribution >= 4 is 17.6 Å². The maximum atomic E-state index is 11.4. The molecule has 0 unspecified atom stereocenters. The number of carbonyl (C=O) groups is 2. The van der Waals surface area contributed by atoms with Gasteiger partial charge >= 0.3 is 6.03 Å². The Bertz CT molecular complexity index is 504. The molecule has 20 heavy (non-hydrogen) atoms. The van der Waals surface area contributed by atoms with Crippen LogP contribution in [0.5, 0.6) is 5.75 Å². The number of ether oxygens (including phenoxy) is 1. The highest BCUT2D eigenvalue weighted by Gasteiger charge is 2.10. The Kier molecular flexibility index (Phi) is 5.95. The first-order chi connectivity index (χ1) is 9.52.